The van der Waals surface area contributed by atoms with Crippen molar-refractivity contribution in [2.75, 3.05) is 18.2 Å². The second-order valence-electron chi connectivity index (χ2n) is 4.94. The molecule has 0 saturated carbocycles. The number of amides is 1. The van der Waals surface area contributed by atoms with Gasteiger partial charge in [-0.05, 0) is 36.8 Å². The third-order valence-corrected chi connectivity index (χ3v) is 4.03. The van der Waals surface area contributed by atoms with Crippen LogP contribution >= 0.6 is 0 Å². The van der Waals surface area contributed by atoms with Crippen LogP contribution in [0.15, 0.2) is 53.4 Å². The summed E-state index contributed by atoms with van der Waals surface area (Å²) in [6.45, 7) is 1.51. The van der Waals surface area contributed by atoms with Gasteiger partial charge in [0.25, 0.3) is 5.91 Å². The molecule has 2 rings (SSSR count). The Hall–Kier alpha value is -2.47. The zero-order valence-corrected chi connectivity index (χ0v) is 13.7. The van der Waals surface area contributed by atoms with Crippen LogP contribution < -0.4 is 5.32 Å². The summed E-state index contributed by atoms with van der Waals surface area (Å²) in [5, 5.41) is 2.65. The summed E-state index contributed by atoms with van der Waals surface area (Å²) in [6, 6.07) is 13.8. The minimum atomic E-state index is -1.31. The van der Waals surface area contributed by atoms with Crippen molar-refractivity contribution in [2.24, 2.45) is 0 Å². The van der Waals surface area contributed by atoms with Gasteiger partial charge in [0.05, 0.1) is 21.3 Å². The molecule has 0 fully saturated rings. The number of nitrogens with one attached hydrogen (secondary N) is 1. The largest absolute Gasteiger partial charge is 0.452 e. The van der Waals surface area contributed by atoms with E-state index in [1.807, 2.05) is 25.1 Å². The molecule has 1 N–H and O–H groups in total. The molecule has 0 heterocycles. The van der Waals surface area contributed by atoms with Gasteiger partial charge in [0.1, 0.15) is 0 Å². The van der Waals surface area contributed by atoms with Gasteiger partial charge in [-0.25, -0.2) is 4.79 Å². The molecule has 0 unspecified atom stereocenters. The molecule has 0 spiro atoms. The van der Waals surface area contributed by atoms with E-state index in [1.165, 1.54) is 12.3 Å². The number of hydrogen-bond donors (Lipinski definition) is 1. The molecular weight excluding hydrogens is 314 g/mol. The van der Waals surface area contributed by atoms with Crippen molar-refractivity contribution >= 4 is 28.4 Å². The van der Waals surface area contributed by atoms with Gasteiger partial charge in [0, 0.05) is 11.9 Å². The van der Waals surface area contributed by atoms with Gasteiger partial charge in [-0.3, -0.25) is 9.00 Å². The number of carbonyl (C=O) groups excluding carboxylic acids is 2. The first-order valence-electron chi connectivity index (χ1n) is 6.93. The number of esters is 1. The zero-order chi connectivity index (χ0) is 16.8. The molecule has 2 aromatic rings. The van der Waals surface area contributed by atoms with Crippen LogP contribution in [0.4, 0.5) is 5.69 Å². The van der Waals surface area contributed by atoms with Gasteiger partial charge in [0.2, 0.25) is 0 Å². The van der Waals surface area contributed by atoms with Crippen LogP contribution in [0.2, 0.25) is 0 Å². The van der Waals surface area contributed by atoms with E-state index in [0.29, 0.717) is 10.6 Å². The summed E-state index contributed by atoms with van der Waals surface area (Å²) in [5.41, 5.74) is 1.86. The lowest BCUT2D eigenvalue weighted by Gasteiger charge is -2.09. The maximum atomic E-state index is 12.0. The Morgan fingerprint density at radius 2 is 1.87 bits per heavy atom. The fourth-order valence-electron chi connectivity index (χ4n) is 2.01. The van der Waals surface area contributed by atoms with Crippen LogP contribution in [-0.2, 0) is 20.3 Å². The van der Waals surface area contributed by atoms with Crippen molar-refractivity contribution in [3.8, 4) is 0 Å². The molecule has 0 bridgehead atoms. The molecule has 1 amide bonds. The van der Waals surface area contributed by atoms with E-state index in [2.05, 4.69) is 5.32 Å². The van der Waals surface area contributed by atoms with Crippen molar-refractivity contribution in [2.45, 2.75) is 11.8 Å². The Morgan fingerprint density at radius 1 is 1.13 bits per heavy atom. The zero-order valence-electron chi connectivity index (χ0n) is 12.9. The van der Waals surface area contributed by atoms with E-state index in [4.69, 9.17) is 4.74 Å². The second kappa shape index (κ2) is 7.69. The Balaban J connectivity index is 1.97. The van der Waals surface area contributed by atoms with Crippen LogP contribution in [0.1, 0.15) is 15.9 Å². The van der Waals surface area contributed by atoms with E-state index >= 15 is 0 Å². The fourth-order valence-corrected chi connectivity index (χ4v) is 2.75. The minimum absolute atomic E-state index is 0.205. The fraction of sp³-hybridized carbons (Fsp3) is 0.176. The second-order valence-corrected chi connectivity index (χ2v) is 6.29. The summed E-state index contributed by atoms with van der Waals surface area (Å²) < 4.78 is 16.6. The Morgan fingerprint density at radius 3 is 2.57 bits per heavy atom. The van der Waals surface area contributed by atoms with Gasteiger partial charge in [-0.1, -0.05) is 24.3 Å². The molecule has 5 nitrogen and oxygen atoms in total. The standard InChI is InChI=1S/C17H17NO4S/c1-12-6-5-7-13(10-12)18-16(19)11-22-17(20)14-8-3-4-9-15(14)23(2)21/h3-10H,11H2,1-2H3,(H,18,19)/t23-/m1/s1. The Kier molecular flexibility index (Phi) is 5.65. The summed E-state index contributed by atoms with van der Waals surface area (Å²) in [7, 11) is -1.31. The highest BCUT2D eigenvalue weighted by Crippen LogP contribution is 2.14. The highest BCUT2D eigenvalue weighted by molar-refractivity contribution is 7.84. The van der Waals surface area contributed by atoms with E-state index in [-0.39, 0.29) is 5.56 Å². The lowest BCUT2D eigenvalue weighted by molar-refractivity contribution is -0.119. The number of ether oxygens (including phenoxy) is 1. The van der Waals surface area contributed by atoms with Gasteiger partial charge in [-0.15, -0.1) is 0 Å². The summed E-state index contributed by atoms with van der Waals surface area (Å²) in [6.07, 6.45) is 1.48. The highest BCUT2D eigenvalue weighted by Gasteiger charge is 2.16. The van der Waals surface area contributed by atoms with Crippen LogP contribution in [0, 0.1) is 6.92 Å². The molecule has 0 aliphatic rings. The minimum Gasteiger partial charge on any atom is -0.452 e. The number of anilines is 1. The number of carbonyl (C=O) groups is 2. The molecule has 1 atom stereocenters. The van der Waals surface area contributed by atoms with Gasteiger partial charge < -0.3 is 10.1 Å². The molecule has 120 valence electrons. The van der Waals surface area contributed by atoms with E-state index < -0.39 is 29.3 Å². The lowest BCUT2D eigenvalue weighted by atomic mass is 10.2. The van der Waals surface area contributed by atoms with Crippen LogP contribution in [0.5, 0.6) is 0 Å². The number of benzene rings is 2. The van der Waals surface area contributed by atoms with Crippen molar-refractivity contribution in [1.29, 1.82) is 0 Å². The first kappa shape index (κ1) is 16.9. The third-order valence-electron chi connectivity index (χ3n) is 3.05. The first-order chi connectivity index (χ1) is 11.0. The molecular formula is C17H17NO4S. The number of hydrogen-bond acceptors (Lipinski definition) is 4. The average Bonchev–Trinajstić information content (AvgIpc) is 2.52. The topological polar surface area (TPSA) is 72.5 Å². The van der Waals surface area contributed by atoms with E-state index in [1.54, 1.807) is 24.3 Å². The molecule has 0 radical (unpaired) electrons. The monoisotopic (exact) mass is 331 g/mol. The van der Waals surface area contributed by atoms with Crippen molar-refractivity contribution in [1.82, 2.24) is 0 Å². The molecule has 0 aliphatic carbocycles. The third kappa shape index (κ3) is 4.75. The van der Waals surface area contributed by atoms with Crippen molar-refractivity contribution in [3.05, 3.63) is 59.7 Å². The SMILES string of the molecule is Cc1cccc(NC(=O)COC(=O)c2ccccc2[S@@](C)=O)c1. The quantitative estimate of drug-likeness (QED) is 0.855. The summed E-state index contributed by atoms with van der Waals surface area (Å²) in [4.78, 5) is 24.3. The number of aryl methyl sites for hydroxylation is 1. The predicted molar refractivity (Wildman–Crippen MR) is 88.9 cm³/mol. The predicted octanol–water partition coefficient (Wildman–Crippen LogP) is 2.53. The number of rotatable bonds is 5. The normalized spacial score (nSPS) is 11.6. The van der Waals surface area contributed by atoms with Crippen molar-refractivity contribution < 1.29 is 18.5 Å². The molecule has 0 aliphatic heterocycles. The molecule has 0 aromatic heterocycles. The van der Waals surface area contributed by atoms with Crippen LogP contribution in [-0.4, -0.2) is 28.9 Å². The molecule has 0 saturated heterocycles. The van der Waals surface area contributed by atoms with Crippen LogP contribution in [0.25, 0.3) is 0 Å². The maximum absolute atomic E-state index is 12.0. The summed E-state index contributed by atoms with van der Waals surface area (Å²) in [5.74, 6) is -1.10. The van der Waals surface area contributed by atoms with E-state index in [9.17, 15) is 13.8 Å². The summed E-state index contributed by atoms with van der Waals surface area (Å²) >= 11 is 0. The maximum Gasteiger partial charge on any atom is 0.339 e. The molecule has 23 heavy (non-hydrogen) atoms. The molecule has 2 aromatic carbocycles. The first-order valence-corrected chi connectivity index (χ1v) is 8.49. The van der Waals surface area contributed by atoms with Gasteiger partial charge in [-0.2, -0.15) is 0 Å². The van der Waals surface area contributed by atoms with E-state index in [0.717, 1.165) is 5.56 Å². The molecule has 6 heteroatoms. The Bertz CT molecular complexity index is 758. The lowest BCUT2D eigenvalue weighted by Crippen LogP contribution is -2.21. The van der Waals surface area contributed by atoms with Gasteiger partial charge in [0.15, 0.2) is 6.61 Å². The van der Waals surface area contributed by atoms with Crippen molar-refractivity contribution in [3.63, 3.8) is 0 Å². The highest BCUT2D eigenvalue weighted by atomic mass is 32.2. The van der Waals surface area contributed by atoms with Crippen LogP contribution in [0.3, 0.4) is 0 Å². The average molecular weight is 331 g/mol. The Labute approximate surface area is 137 Å². The smallest absolute Gasteiger partial charge is 0.339 e. The van der Waals surface area contributed by atoms with Gasteiger partial charge >= 0.3 is 5.97 Å².